The van der Waals surface area contributed by atoms with E-state index in [9.17, 15) is 0 Å². The number of hydrogen-bond donors (Lipinski definition) is 1. The van der Waals surface area contributed by atoms with Crippen LogP contribution in [0.15, 0.2) is 34.8 Å². The largest absolute Gasteiger partial charge is 0.310 e. The molecule has 0 aromatic heterocycles. The third kappa shape index (κ3) is 4.18. The lowest BCUT2D eigenvalue weighted by Crippen LogP contribution is -2.22. The Morgan fingerprint density at radius 1 is 1.56 bits per heavy atom. The van der Waals surface area contributed by atoms with Gasteiger partial charge in [0, 0.05) is 14.1 Å². The lowest BCUT2D eigenvalue weighted by Gasteiger charge is -2.20. The maximum atomic E-state index is 4.00. The third-order valence-electron chi connectivity index (χ3n) is 2.34. The summed E-state index contributed by atoms with van der Waals surface area (Å²) < 4.78 is 2.43. The van der Waals surface area contributed by atoms with Gasteiger partial charge in [0.2, 0.25) is 0 Å². The fraction of sp³-hybridized carbons (Fsp3) is 0.385. The topological polar surface area (TPSA) is 12.0 Å². The van der Waals surface area contributed by atoms with E-state index in [4.69, 9.17) is 0 Å². The van der Waals surface area contributed by atoms with E-state index in [0.29, 0.717) is 6.04 Å². The Kier molecular flexibility index (Phi) is 6.00. The predicted octanol–water partition coefficient (Wildman–Crippen LogP) is 4.67. The van der Waals surface area contributed by atoms with Gasteiger partial charge >= 0.3 is 0 Å². The van der Waals surface area contributed by atoms with E-state index in [-0.39, 0.29) is 0 Å². The minimum absolute atomic E-state index is 0.367. The number of rotatable bonds is 5. The Hall–Kier alpha value is 0.130. The van der Waals surface area contributed by atoms with Crippen molar-refractivity contribution in [2.45, 2.75) is 26.3 Å². The van der Waals surface area contributed by atoms with Crippen molar-refractivity contribution in [1.29, 1.82) is 0 Å². The number of halogens is 2. The van der Waals surface area contributed by atoms with E-state index in [1.807, 2.05) is 0 Å². The Morgan fingerprint density at radius 3 is 2.81 bits per heavy atom. The maximum Gasteiger partial charge on any atom is 0.0368 e. The highest BCUT2D eigenvalue weighted by Gasteiger charge is 2.13. The van der Waals surface area contributed by atoms with Gasteiger partial charge in [0.15, 0.2) is 0 Å². The molecule has 1 unspecified atom stereocenters. The van der Waals surface area contributed by atoms with Gasteiger partial charge in [-0.15, -0.1) is 6.58 Å². The molecule has 0 saturated carbocycles. The first-order chi connectivity index (χ1) is 7.54. The average molecular weight is 394 g/mol. The lowest BCUT2D eigenvalue weighted by atomic mass is 10.0. The molecule has 3 heteroatoms. The number of benzene rings is 1. The van der Waals surface area contributed by atoms with Crippen molar-refractivity contribution in [3.05, 3.63) is 44.0 Å². The van der Waals surface area contributed by atoms with E-state index in [2.05, 4.69) is 82.5 Å². The number of nitrogens with one attached hydrogen (secondary N) is 1. The van der Waals surface area contributed by atoms with Gasteiger partial charge in [-0.3, -0.25) is 0 Å². The third-order valence-corrected chi connectivity index (χ3v) is 3.81. The standard InChI is InChI=1S/C13H17BrIN/c1-4-16-13(7-9(2)3)11-8-10(14)5-6-12(11)15/h5-6,8,13,16H,2,4,7H2,1,3H3. The van der Waals surface area contributed by atoms with Crippen LogP contribution in [-0.4, -0.2) is 6.54 Å². The van der Waals surface area contributed by atoms with Crippen molar-refractivity contribution in [2.75, 3.05) is 6.54 Å². The fourth-order valence-electron chi connectivity index (χ4n) is 1.67. The molecule has 0 saturated heterocycles. The van der Waals surface area contributed by atoms with E-state index in [1.165, 1.54) is 14.7 Å². The molecule has 1 nitrogen and oxygen atoms in total. The van der Waals surface area contributed by atoms with Crippen LogP contribution in [0, 0.1) is 3.57 Å². The zero-order chi connectivity index (χ0) is 12.1. The van der Waals surface area contributed by atoms with Gasteiger partial charge < -0.3 is 5.32 Å². The average Bonchev–Trinajstić information content (AvgIpc) is 2.20. The highest BCUT2D eigenvalue weighted by Crippen LogP contribution is 2.27. The molecule has 0 fully saturated rings. The van der Waals surface area contributed by atoms with Crippen LogP contribution in [0.5, 0.6) is 0 Å². The lowest BCUT2D eigenvalue weighted by molar-refractivity contribution is 0.546. The van der Waals surface area contributed by atoms with Crippen LogP contribution in [0.25, 0.3) is 0 Å². The summed E-state index contributed by atoms with van der Waals surface area (Å²) >= 11 is 5.92. The van der Waals surface area contributed by atoms with Gasteiger partial charge in [0.05, 0.1) is 0 Å². The van der Waals surface area contributed by atoms with Crippen LogP contribution in [0.1, 0.15) is 31.9 Å². The van der Waals surface area contributed by atoms with Gasteiger partial charge in [-0.25, -0.2) is 0 Å². The molecular weight excluding hydrogens is 377 g/mol. The molecular formula is C13H17BrIN. The molecule has 0 bridgehead atoms. The summed E-state index contributed by atoms with van der Waals surface area (Å²) in [6.07, 6.45) is 0.986. The summed E-state index contributed by atoms with van der Waals surface area (Å²) in [4.78, 5) is 0. The smallest absolute Gasteiger partial charge is 0.0368 e. The van der Waals surface area contributed by atoms with Crippen molar-refractivity contribution in [3.8, 4) is 0 Å². The van der Waals surface area contributed by atoms with Crippen molar-refractivity contribution in [3.63, 3.8) is 0 Å². The molecule has 1 aromatic carbocycles. The van der Waals surface area contributed by atoms with Crippen LogP contribution in [0.4, 0.5) is 0 Å². The van der Waals surface area contributed by atoms with Crippen LogP contribution >= 0.6 is 38.5 Å². The fourth-order valence-corrected chi connectivity index (χ4v) is 2.76. The van der Waals surface area contributed by atoms with Crippen LogP contribution in [-0.2, 0) is 0 Å². The Labute approximate surface area is 120 Å². The van der Waals surface area contributed by atoms with Crippen molar-refractivity contribution < 1.29 is 0 Å². The minimum Gasteiger partial charge on any atom is -0.310 e. The summed E-state index contributed by atoms with van der Waals surface area (Å²) in [5.74, 6) is 0. The summed E-state index contributed by atoms with van der Waals surface area (Å²) in [6, 6.07) is 6.78. The summed E-state index contributed by atoms with van der Waals surface area (Å²) in [5.41, 5.74) is 2.56. The molecule has 0 radical (unpaired) electrons. The Balaban J connectivity index is 2.99. The molecule has 16 heavy (non-hydrogen) atoms. The van der Waals surface area contributed by atoms with Crippen molar-refractivity contribution in [2.24, 2.45) is 0 Å². The maximum absolute atomic E-state index is 4.00. The summed E-state index contributed by atoms with van der Waals surface area (Å²) in [6.45, 7) is 9.19. The SMILES string of the molecule is C=C(C)CC(NCC)c1cc(Br)ccc1I. The van der Waals surface area contributed by atoms with Gasteiger partial charge in [0.25, 0.3) is 0 Å². The highest BCUT2D eigenvalue weighted by molar-refractivity contribution is 14.1. The first-order valence-corrected chi connectivity index (χ1v) is 7.24. The molecule has 0 aliphatic rings. The van der Waals surface area contributed by atoms with E-state index >= 15 is 0 Å². The number of hydrogen-bond acceptors (Lipinski definition) is 1. The normalized spacial score (nSPS) is 12.5. The van der Waals surface area contributed by atoms with Gasteiger partial charge in [0.1, 0.15) is 0 Å². The molecule has 88 valence electrons. The van der Waals surface area contributed by atoms with Crippen LogP contribution < -0.4 is 5.32 Å². The zero-order valence-corrected chi connectivity index (χ0v) is 13.4. The zero-order valence-electron chi connectivity index (χ0n) is 9.69. The van der Waals surface area contributed by atoms with E-state index in [0.717, 1.165) is 17.4 Å². The Morgan fingerprint density at radius 2 is 2.25 bits per heavy atom. The second-order valence-electron chi connectivity index (χ2n) is 3.94. The van der Waals surface area contributed by atoms with E-state index < -0.39 is 0 Å². The van der Waals surface area contributed by atoms with Crippen molar-refractivity contribution in [1.82, 2.24) is 5.32 Å². The summed E-state index contributed by atoms with van der Waals surface area (Å²) in [5, 5.41) is 3.51. The van der Waals surface area contributed by atoms with Crippen molar-refractivity contribution >= 4 is 38.5 Å². The quantitative estimate of drug-likeness (QED) is 0.566. The first-order valence-electron chi connectivity index (χ1n) is 5.37. The molecule has 1 atom stereocenters. The molecule has 0 heterocycles. The molecule has 0 spiro atoms. The van der Waals surface area contributed by atoms with Crippen LogP contribution in [0.3, 0.4) is 0 Å². The van der Waals surface area contributed by atoms with Crippen LogP contribution in [0.2, 0.25) is 0 Å². The monoisotopic (exact) mass is 393 g/mol. The highest BCUT2D eigenvalue weighted by atomic mass is 127. The molecule has 0 aliphatic heterocycles. The molecule has 0 amide bonds. The minimum atomic E-state index is 0.367. The molecule has 1 rings (SSSR count). The van der Waals surface area contributed by atoms with E-state index in [1.54, 1.807) is 0 Å². The Bertz CT molecular complexity index is 376. The summed E-state index contributed by atoms with van der Waals surface area (Å²) in [7, 11) is 0. The molecule has 0 aliphatic carbocycles. The predicted molar refractivity (Wildman–Crippen MR) is 82.7 cm³/mol. The molecule has 1 aromatic rings. The second-order valence-corrected chi connectivity index (χ2v) is 6.02. The first kappa shape index (κ1) is 14.2. The second kappa shape index (κ2) is 6.77. The molecule has 1 N–H and O–H groups in total. The van der Waals surface area contributed by atoms with Gasteiger partial charge in [-0.1, -0.05) is 28.4 Å². The van der Waals surface area contributed by atoms with Gasteiger partial charge in [-0.2, -0.15) is 0 Å². The van der Waals surface area contributed by atoms with Gasteiger partial charge in [-0.05, 0) is 66.2 Å².